The quantitative estimate of drug-likeness (QED) is 0.338. The van der Waals surface area contributed by atoms with Crippen molar-refractivity contribution in [2.75, 3.05) is 13.2 Å². The summed E-state index contributed by atoms with van der Waals surface area (Å²) < 4.78 is 11.0. The summed E-state index contributed by atoms with van der Waals surface area (Å²) in [7, 11) is 0. The Morgan fingerprint density at radius 2 is 1.70 bits per heavy atom. The standard InChI is InChI=1S/C17H17NO5/c1-12-7-13(2)9-15(8-12)22-5-6-23-17-4-3-14(11-19)10-16(17)18(20)21/h3-4,7-11H,5-6H2,1-2H3. The van der Waals surface area contributed by atoms with Crippen LogP contribution in [0.3, 0.4) is 0 Å². The van der Waals surface area contributed by atoms with Gasteiger partial charge in [-0.05, 0) is 49.2 Å². The molecule has 0 aliphatic rings. The maximum Gasteiger partial charge on any atom is 0.311 e. The topological polar surface area (TPSA) is 78.7 Å². The first kappa shape index (κ1) is 16.5. The minimum atomic E-state index is -0.576. The lowest BCUT2D eigenvalue weighted by Crippen LogP contribution is -2.10. The van der Waals surface area contributed by atoms with Crippen LogP contribution < -0.4 is 9.47 Å². The fourth-order valence-corrected chi connectivity index (χ4v) is 2.20. The summed E-state index contributed by atoms with van der Waals surface area (Å²) in [6.07, 6.45) is 0.556. The molecule has 0 saturated carbocycles. The largest absolute Gasteiger partial charge is 0.490 e. The van der Waals surface area contributed by atoms with Gasteiger partial charge in [-0.3, -0.25) is 14.9 Å². The number of ether oxygens (including phenoxy) is 2. The first-order valence-corrected chi connectivity index (χ1v) is 7.07. The number of nitrogens with zero attached hydrogens (tertiary/aromatic N) is 1. The van der Waals surface area contributed by atoms with Crippen LogP contribution in [0.4, 0.5) is 5.69 Å². The number of rotatable bonds is 7. The first-order valence-electron chi connectivity index (χ1n) is 7.07. The molecule has 0 aliphatic heterocycles. The highest BCUT2D eigenvalue weighted by atomic mass is 16.6. The molecule has 0 radical (unpaired) electrons. The summed E-state index contributed by atoms with van der Waals surface area (Å²) in [6, 6.07) is 9.94. The summed E-state index contributed by atoms with van der Waals surface area (Å²) in [5.41, 5.74) is 2.19. The maximum atomic E-state index is 11.0. The van der Waals surface area contributed by atoms with Crippen molar-refractivity contribution in [2.45, 2.75) is 13.8 Å². The zero-order chi connectivity index (χ0) is 16.8. The summed E-state index contributed by atoms with van der Waals surface area (Å²) in [5, 5.41) is 11.0. The first-order chi connectivity index (χ1) is 11.0. The average Bonchev–Trinajstić information content (AvgIpc) is 2.50. The fourth-order valence-electron chi connectivity index (χ4n) is 2.20. The number of benzene rings is 2. The molecule has 0 bridgehead atoms. The number of nitro groups is 1. The van der Waals surface area contributed by atoms with E-state index in [9.17, 15) is 14.9 Å². The molecule has 0 saturated heterocycles. The lowest BCUT2D eigenvalue weighted by molar-refractivity contribution is -0.385. The van der Waals surface area contributed by atoms with Crippen molar-refractivity contribution in [1.29, 1.82) is 0 Å². The van der Waals surface area contributed by atoms with E-state index < -0.39 is 4.92 Å². The molecular weight excluding hydrogens is 298 g/mol. The molecule has 120 valence electrons. The minimum Gasteiger partial charge on any atom is -0.490 e. The third-order valence-corrected chi connectivity index (χ3v) is 3.12. The molecule has 6 nitrogen and oxygen atoms in total. The van der Waals surface area contributed by atoms with Crippen LogP contribution in [0.1, 0.15) is 21.5 Å². The Balaban J connectivity index is 1.96. The van der Waals surface area contributed by atoms with Crippen molar-refractivity contribution < 1.29 is 19.2 Å². The second kappa shape index (κ2) is 7.40. The molecule has 2 aromatic rings. The van der Waals surface area contributed by atoms with Crippen LogP contribution in [-0.4, -0.2) is 24.4 Å². The van der Waals surface area contributed by atoms with Crippen LogP contribution in [0, 0.1) is 24.0 Å². The lowest BCUT2D eigenvalue weighted by atomic mass is 10.1. The third-order valence-electron chi connectivity index (χ3n) is 3.12. The molecule has 2 rings (SSSR count). The molecule has 0 unspecified atom stereocenters. The van der Waals surface area contributed by atoms with Crippen LogP contribution in [0.25, 0.3) is 0 Å². The monoisotopic (exact) mass is 315 g/mol. The molecule has 0 heterocycles. The summed E-state index contributed by atoms with van der Waals surface area (Å²) in [4.78, 5) is 21.1. The van der Waals surface area contributed by atoms with E-state index in [-0.39, 0.29) is 30.2 Å². The van der Waals surface area contributed by atoms with E-state index in [2.05, 4.69) is 0 Å². The van der Waals surface area contributed by atoms with Gasteiger partial charge in [0.05, 0.1) is 4.92 Å². The number of hydrogen-bond donors (Lipinski definition) is 0. The van der Waals surface area contributed by atoms with E-state index >= 15 is 0 Å². The zero-order valence-corrected chi connectivity index (χ0v) is 12.9. The van der Waals surface area contributed by atoms with E-state index in [0.717, 1.165) is 16.9 Å². The van der Waals surface area contributed by atoms with Crippen molar-refractivity contribution in [3.63, 3.8) is 0 Å². The van der Waals surface area contributed by atoms with Gasteiger partial charge >= 0.3 is 5.69 Å². The smallest absolute Gasteiger partial charge is 0.311 e. The predicted molar refractivity (Wildman–Crippen MR) is 85.4 cm³/mol. The normalized spacial score (nSPS) is 10.2. The number of aryl methyl sites for hydroxylation is 2. The highest BCUT2D eigenvalue weighted by Crippen LogP contribution is 2.27. The fraction of sp³-hybridized carbons (Fsp3) is 0.235. The highest BCUT2D eigenvalue weighted by Gasteiger charge is 2.15. The van der Waals surface area contributed by atoms with Crippen molar-refractivity contribution in [3.8, 4) is 11.5 Å². The van der Waals surface area contributed by atoms with Gasteiger partial charge in [0.2, 0.25) is 0 Å². The molecule has 0 aromatic heterocycles. The van der Waals surface area contributed by atoms with Gasteiger partial charge in [-0.2, -0.15) is 0 Å². The van der Waals surface area contributed by atoms with Gasteiger partial charge in [0.1, 0.15) is 25.2 Å². The van der Waals surface area contributed by atoms with Gasteiger partial charge in [-0.1, -0.05) is 6.07 Å². The minimum absolute atomic E-state index is 0.115. The van der Waals surface area contributed by atoms with Gasteiger partial charge < -0.3 is 9.47 Å². The van der Waals surface area contributed by atoms with Crippen LogP contribution >= 0.6 is 0 Å². The van der Waals surface area contributed by atoms with Crippen LogP contribution in [0.15, 0.2) is 36.4 Å². The Morgan fingerprint density at radius 1 is 1.04 bits per heavy atom. The Bertz CT molecular complexity index is 707. The van der Waals surface area contributed by atoms with E-state index in [1.165, 1.54) is 18.2 Å². The number of nitro benzene ring substituents is 1. The predicted octanol–water partition coefficient (Wildman–Crippen LogP) is 3.48. The zero-order valence-electron chi connectivity index (χ0n) is 12.9. The number of aldehydes is 1. The molecule has 0 atom stereocenters. The van der Waals surface area contributed by atoms with Crippen molar-refractivity contribution in [3.05, 3.63) is 63.2 Å². The summed E-state index contributed by atoms with van der Waals surface area (Å²) in [6.45, 7) is 4.38. The van der Waals surface area contributed by atoms with Gasteiger partial charge in [-0.15, -0.1) is 0 Å². The molecular formula is C17H17NO5. The number of carbonyl (C=O) groups is 1. The van der Waals surface area contributed by atoms with E-state index in [4.69, 9.17) is 9.47 Å². The molecule has 23 heavy (non-hydrogen) atoms. The Morgan fingerprint density at radius 3 is 2.30 bits per heavy atom. The molecule has 0 aliphatic carbocycles. The Labute approximate surface area is 133 Å². The van der Waals surface area contributed by atoms with Gasteiger partial charge in [-0.25, -0.2) is 0 Å². The number of carbonyl (C=O) groups excluding carboxylic acids is 1. The van der Waals surface area contributed by atoms with Crippen molar-refractivity contribution in [1.82, 2.24) is 0 Å². The van der Waals surface area contributed by atoms with Gasteiger partial charge in [0.25, 0.3) is 0 Å². The Hall–Kier alpha value is -2.89. The molecule has 0 N–H and O–H groups in total. The molecule has 0 spiro atoms. The number of hydrogen-bond acceptors (Lipinski definition) is 5. The SMILES string of the molecule is Cc1cc(C)cc(OCCOc2ccc(C=O)cc2[N+](=O)[O-])c1. The van der Waals surface area contributed by atoms with E-state index in [1.54, 1.807) is 0 Å². The summed E-state index contributed by atoms with van der Waals surface area (Å²) in [5.74, 6) is 0.849. The lowest BCUT2D eigenvalue weighted by Gasteiger charge is -2.10. The van der Waals surface area contributed by atoms with E-state index in [0.29, 0.717) is 6.29 Å². The van der Waals surface area contributed by atoms with Crippen molar-refractivity contribution >= 4 is 12.0 Å². The van der Waals surface area contributed by atoms with Crippen molar-refractivity contribution in [2.24, 2.45) is 0 Å². The maximum absolute atomic E-state index is 11.0. The molecule has 0 amide bonds. The second-order valence-electron chi connectivity index (χ2n) is 5.12. The molecule has 6 heteroatoms. The van der Waals surface area contributed by atoms with Crippen LogP contribution in [0.2, 0.25) is 0 Å². The van der Waals surface area contributed by atoms with Crippen LogP contribution in [-0.2, 0) is 0 Å². The second-order valence-corrected chi connectivity index (χ2v) is 5.12. The van der Waals surface area contributed by atoms with Crippen LogP contribution in [0.5, 0.6) is 11.5 Å². The van der Waals surface area contributed by atoms with E-state index in [1.807, 2.05) is 32.0 Å². The van der Waals surface area contributed by atoms with Gasteiger partial charge in [0, 0.05) is 11.6 Å². The Kier molecular flexibility index (Phi) is 5.30. The molecule has 0 fully saturated rings. The average molecular weight is 315 g/mol. The highest BCUT2D eigenvalue weighted by molar-refractivity contribution is 5.77. The molecule has 2 aromatic carbocycles. The van der Waals surface area contributed by atoms with Gasteiger partial charge in [0.15, 0.2) is 5.75 Å². The third kappa shape index (κ3) is 4.54. The summed E-state index contributed by atoms with van der Waals surface area (Å²) >= 11 is 0.